The molecule has 0 saturated heterocycles. The average molecular weight is 277 g/mol. The van der Waals surface area contributed by atoms with Crippen LogP contribution in [0.2, 0.25) is 0 Å². The first-order chi connectivity index (χ1) is 10.2. The first kappa shape index (κ1) is 12.1. The van der Waals surface area contributed by atoms with Crippen molar-refractivity contribution in [3.8, 4) is 0 Å². The highest BCUT2D eigenvalue weighted by molar-refractivity contribution is 6.13. The summed E-state index contributed by atoms with van der Waals surface area (Å²) < 4.78 is 0. The van der Waals surface area contributed by atoms with Crippen LogP contribution in [0.5, 0.6) is 0 Å². The fourth-order valence-electron chi connectivity index (χ4n) is 2.70. The zero-order chi connectivity index (χ0) is 14.4. The molecule has 0 unspecified atom stereocenters. The predicted molar refractivity (Wildman–Crippen MR) is 80.2 cm³/mol. The van der Waals surface area contributed by atoms with Gasteiger partial charge in [-0.05, 0) is 47.4 Å². The number of hydrogen-bond donors (Lipinski definition) is 1. The number of fused-ring (bicyclic) bond motifs is 3. The van der Waals surface area contributed by atoms with E-state index in [0.29, 0.717) is 6.04 Å². The molecule has 3 aromatic rings. The van der Waals surface area contributed by atoms with Crippen LogP contribution in [0.1, 0.15) is 23.2 Å². The molecule has 1 heterocycles. The Morgan fingerprint density at radius 2 is 2.00 bits per heavy atom. The van der Waals surface area contributed by atoms with Crippen LogP contribution >= 0.6 is 0 Å². The summed E-state index contributed by atoms with van der Waals surface area (Å²) >= 11 is 0. The van der Waals surface area contributed by atoms with Crippen LogP contribution in [0.3, 0.4) is 0 Å². The number of hydrogen-bond acceptors (Lipinski definition) is 4. The Bertz CT molecular complexity index is 869. The van der Waals surface area contributed by atoms with E-state index < -0.39 is 5.97 Å². The molecule has 0 atom stereocenters. The molecule has 0 aliphatic heterocycles. The van der Waals surface area contributed by atoms with Crippen LogP contribution in [0.4, 0.5) is 5.69 Å². The molecule has 1 saturated carbocycles. The quantitative estimate of drug-likeness (QED) is 0.746. The summed E-state index contributed by atoms with van der Waals surface area (Å²) in [6, 6.07) is 9.61. The molecule has 1 aromatic heterocycles. The average Bonchev–Trinajstić information content (AvgIpc) is 3.31. The predicted octanol–water partition coefficient (Wildman–Crippen LogP) is 2.33. The lowest BCUT2D eigenvalue weighted by atomic mass is 10.00. The van der Waals surface area contributed by atoms with Gasteiger partial charge in [-0.3, -0.25) is 4.98 Å². The minimum Gasteiger partial charge on any atom is -0.545 e. The molecule has 4 heteroatoms. The van der Waals surface area contributed by atoms with Crippen molar-refractivity contribution in [3.05, 3.63) is 48.3 Å². The van der Waals surface area contributed by atoms with E-state index >= 15 is 0 Å². The van der Waals surface area contributed by atoms with E-state index in [0.717, 1.165) is 27.2 Å². The topological polar surface area (TPSA) is 65.0 Å². The van der Waals surface area contributed by atoms with Crippen molar-refractivity contribution in [2.45, 2.75) is 18.9 Å². The van der Waals surface area contributed by atoms with Gasteiger partial charge in [0.25, 0.3) is 0 Å². The zero-order valence-electron chi connectivity index (χ0n) is 11.3. The van der Waals surface area contributed by atoms with Gasteiger partial charge in [0.1, 0.15) is 0 Å². The maximum Gasteiger partial charge on any atom is 0.0715 e. The monoisotopic (exact) mass is 277 g/mol. The van der Waals surface area contributed by atoms with Crippen LogP contribution in [0.15, 0.2) is 42.7 Å². The number of benzene rings is 2. The molecule has 0 amide bonds. The summed E-state index contributed by atoms with van der Waals surface area (Å²) in [7, 11) is 0. The Hall–Kier alpha value is -2.62. The van der Waals surface area contributed by atoms with Gasteiger partial charge in [0.05, 0.1) is 5.97 Å². The third-order valence-corrected chi connectivity index (χ3v) is 3.93. The van der Waals surface area contributed by atoms with Gasteiger partial charge in [-0.25, -0.2) is 0 Å². The molecule has 104 valence electrons. The van der Waals surface area contributed by atoms with Gasteiger partial charge in [0, 0.05) is 34.9 Å². The van der Waals surface area contributed by atoms with Crippen molar-refractivity contribution >= 4 is 33.2 Å². The number of carboxylic acid groups (broad SMARTS) is 1. The van der Waals surface area contributed by atoms with Crippen molar-refractivity contribution in [1.82, 2.24) is 4.98 Å². The van der Waals surface area contributed by atoms with Gasteiger partial charge < -0.3 is 15.2 Å². The molecular formula is C17H13N2O2-. The molecule has 0 bridgehead atoms. The van der Waals surface area contributed by atoms with E-state index in [1.165, 1.54) is 12.8 Å². The smallest absolute Gasteiger partial charge is 0.0715 e. The fourth-order valence-corrected chi connectivity index (χ4v) is 2.70. The highest BCUT2D eigenvalue weighted by atomic mass is 16.4. The molecule has 21 heavy (non-hydrogen) atoms. The number of nitrogens with zero attached hydrogens (tertiary/aromatic N) is 1. The van der Waals surface area contributed by atoms with Crippen molar-refractivity contribution in [3.63, 3.8) is 0 Å². The summed E-state index contributed by atoms with van der Waals surface area (Å²) in [6.45, 7) is 0. The van der Waals surface area contributed by atoms with Gasteiger partial charge >= 0.3 is 0 Å². The maximum atomic E-state index is 11.0. The highest BCUT2D eigenvalue weighted by Crippen LogP contribution is 2.34. The standard InChI is InChI=1S/C17H14N2O2/c20-17(21)10-1-4-13-11(7-10)8-16(19-12-2-3-12)14-5-6-18-9-15(13)14/h1,4-9,12,19H,2-3H2,(H,20,21)/p-1. The number of rotatable bonds is 3. The molecule has 1 aliphatic carbocycles. The second-order valence-electron chi connectivity index (χ2n) is 5.49. The normalized spacial score (nSPS) is 14.5. The van der Waals surface area contributed by atoms with Gasteiger partial charge in [0.2, 0.25) is 0 Å². The lowest BCUT2D eigenvalue weighted by Gasteiger charge is -2.13. The minimum atomic E-state index is -1.15. The molecule has 1 fully saturated rings. The molecule has 4 rings (SSSR count). The van der Waals surface area contributed by atoms with Gasteiger partial charge in [-0.2, -0.15) is 0 Å². The molecule has 1 aliphatic rings. The summed E-state index contributed by atoms with van der Waals surface area (Å²) in [5.41, 5.74) is 1.24. The van der Waals surface area contributed by atoms with E-state index in [1.807, 2.05) is 24.4 Å². The third-order valence-electron chi connectivity index (χ3n) is 3.93. The van der Waals surface area contributed by atoms with E-state index in [2.05, 4.69) is 10.3 Å². The van der Waals surface area contributed by atoms with Crippen molar-refractivity contribution in [1.29, 1.82) is 0 Å². The Balaban J connectivity index is 2.02. The largest absolute Gasteiger partial charge is 0.545 e. The molecule has 1 N–H and O–H groups in total. The molecule has 4 nitrogen and oxygen atoms in total. The number of carboxylic acids is 1. The van der Waals surface area contributed by atoms with Crippen molar-refractivity contribution in [2.24, 2.45) is 0 Å². The molecular weight excluding hydrogens is 264 g/mol. The number of carbonyl (C=O) groups is 1. The van der Waals surface area contributed by atoms with Crippen LogP contribution < -0.4 is 10.4 Å². The number of aromatic nitrogens is 1. The first-order valence-corrected chi connectivity index (χ1v) is 7.01. The van der Waals surface area contributed by atoms with E-state index in [4.69, 9.17) is 0 Å². The maximum absolute atomic E-state index is 11.0. The van der Waals surface area contributed by atoms with Crippen LogP contribution in [-0.4, -0.2) is 17.0 Å². The van der Waals surface area contributed by atoms with Crippen molar-refractivity contribution in [2.75, 3.05) is 5.32 Å². The zero-order valence-corrected chi connectivity index (χ0v) is 11.3. The van der Waals surface area contributed by atoms with Crippen molar-refractivity contribution < 1.29 is 9.90 Å². The van der Waals surface area contributed by atoms with Crippen LogP contribution in [-0.2, 0) is 0 Å². The molecule has 2 aromatic carbocycles. The Labute approximate surface area is 121 Å². The lowest BCUT2D eigenvalue weighted by molar-refractivity contribution is -0.255. The number of anilines is 1. The van der Waals surface area contributed by atoms with Gasteiger partial charge in [-0.15, -0.1) is 0 Å². The van der Waals surface area contributed by atoms with Gasteiger partial charge in [0.15, 0.2) is 0 Å². The first-order valence-electron chi connectivity index (χ1n) is 7.01. The van der Waals surface area contributed by atoms with E-state index in [-0.39, 0.29) is 5.56 Å². The fraction of sp³-hybridized carbons (Fsp3) is 0.176. The number of nitrogens with one attached hydrogen (secondary N) is 1. The minimum absolute atomic E-state index is 0.197. The van der Waals surface area contributed by atoms with E-state index in [9.17, 15) is 9.90 Å². The SMILES string of the molecule is O=C([O-])c1ccc2c(c1)cc(NC1CC1)c1ccncc12. The third kappa shape index (κ3) is 2.09. The summed E-state index contributed by atoms with van der Waals surface area (Å²) in [4.78, 5) is 15.2. The number of pyridine rings is 1. The second kappa shape index (κ2) is 4.45. The Morgan fingerprint density at radius 1 is 1.14 bits per heavy atom. The second-order valence-corrected chi connectivity index (χ2v) is 5.49. The summed E-state index contributed by atoms with van der Waals surface area (Å²) in [5, 5.41) is 18.6. The van der Waals surface area contributed by atoms with Crippen LogP contribution in [0, 0.1) is 0 Å². The number of aromatic carboxylic acids is 1. The van der Waals surface area contributed by atoms with E-state index in [1.54, 1.807) is 18.3 Å². The summed E-state index contributed by atoms with van der Waals surface area (Å²) in [5.74, 6) is -1.15. The Kier molecular flexibility index (Phi) is 2.57. The molecule has 0 spiro atoms. The number of carbonyl (C=O) groups excluding carboxylic acids is 1. The Morgan fingerprint density at radius 3 is 2.76 bits per heavy atom. The van der Waals surface area contributed by atoms with Gasteiger partial charge in [-0.1, -0.05) is 12.1 Å². The molecule has 0 radical (unpaired) electrons. The highest BCUT2D eigenvalue weighted by Gasteiger charge is 2.22. The summed E-state index contributed by atoms with van der Waals surface area (Å²) in [6.07, 6.45) is 5.98. The lowest BCUT2D eigenvalue weighted by Crippen LogP contribution is -2.21. The van der Waals surface area contributed by atoms with Crippen LogP contribution in [0.25, 0.3) is 21.5 Å².